The molecule has 0 unspecified atom stereocenters. The Kier molecular flexibility index (Phi) is 5.12. The van der Waals surface area contributed by atoms with Gasteiger partial charge in [-0.25, -0.2) is 0 Å². The number of carbonyl (C=O) groups is 1. The zero-order valence-electron chi connectivity index (χ0n) is 13.8. The average molecular weight is 307 g/mol. The molecule has 0 aromatic heterocycles. The first-order valence-electron chi connectivity index (χ1n) is 8.67. The summed E-state index contributed by atoms with van der Waals surface area (Å²) in [5.74, 6) is 0.586. The molecule has 1 saturated carbocycles. The number of para-hydroxylation sites is 1. The van der Waals surface area contributed by atoms with Gasteiger partial charge < -0.3 is 5.32 Å². The van der Waals surface area contributed by atoms with Crippen LogP contribution in [-0.2, 0) is 6.54 Å². The Balaban J connectivity index is 1.60. The Morgan fingerprint density at radius 1 is 1.00 bits per heavy atom. The van der Waals surface area contributed by atoms with Gasteiger partial charge in [0.25, 0.3) is 0 Å². The smallest absolute Gasteiger partial charge is 0.165 e. The van der Waals surface area contributed by atoms with Crippen LogP contribution < -0.4 is 5.32 Å². The summed E-state index contributed by atoms with van der Waals surface area (Å²) in [6, 6.07) is 16.4. The molecule has 0 saturated heterocycles. The summed E-state index contributed by atoms with van der Waals surface area (Å²) in [6.45, 7) is 2.89. The maximum absolute atomic E-state index is 12.5. The van der Waals surface area contributed by atoms with Crippen LogP contribution in [0.4, 0.5) is 5.69 Å². The van der Waals surface area contributed by atoms with Gasteiger partial charge in [0.05, 0.1) is 0 Å². The highest BCUT2D eigenvalue weighted by Gasteiger charge is 2.22. The van der Waals surface area contributed by atoms with Gasteiger partial charge in [-0.15, -0.1) is 0 Å². The lowest BCUT2D eigenvalue weighted by atomic mass is 9.84. The quantitative estimate of drug-likeness (QED) is 0.752. The third kappa shape index (κ3) is 4.01. The molecule has 23 heavy (non-hydrogen) atoms. The van der Waals surface area contributed by atoms with Crippen LogP contribution in [0.1, 0.15) is 53.6 Å². The fraction of sp³-hybridized carbons (Fsp3) is 0.381. The fourth-order valence-corrected chi connectivity index (χ4v) is 3.36. The van der Waals surface area contributed by atoms with Crippen LogP contribution in [0.25, 0.3) is 0 Å². The van der Waals surface area contributed by atoms with E-state index in [0.29, 0.717) is 5.78 Å². The molecule has 0 heterocycles. The van der Waals surface area contributed by atoms with Crippen molar-refractivity contribution >= 4 is 11.5 Å². The molecular formula is C21H25NO. The molecule has 0 aliphatic heterocycles. The van der Waals surface area contributed by atoms with Crippen molar-refractivity contribution in [3.63, 3.8) is 0 Å². The molecule has 0 amide bonds. The normalized spacial score (nSPS) is 15.3. The number of anilines is 1. The van der Waals surface area contributed by atoms with E-state index < -0.39 is 0 Å². The third-order valence-corrected chi connectivity index (χ3v) is 4.84. The first-order valence-corrected chi connectivity index (χ1v) is 8.67. The van der Waals surface area contributed by atoms with Gasteiger partial charge in [-0.05, 0) is 37.0 Å². The monoisotopic (exact) mass is 307 g/mol. The zero-order chi connectivity index (χ0) is 16.1. The summed E-state index contributed by atoms with van der Waals surface area (Å²) < 4.78 is 0. The minimum absolute atomic E-state index is 0.250. The van der Waals surface area contributed by atoms with Gasteiger partial charge >= 0.3 is 0 Å². The highest BCUT2D eigenvalue weighted by molar-refractivity contribution is 5.97. The summed E-state index contributed by atoms with van der Waals surface area (Å²) in [6.07, 6.45) is 5.82. The average Bonchev–Trinajstić information content (AvgIpc) is 2.62. The van der Waals surface area contributed by atoms with Crippen molar-refractivity contribution in [2.24, 2.45) is 5.92 Å². The first-order chi connectivity index (χ1) is 11.2. The maximum atomic E-state index is 12.5. The van der Waals surface area contributed by atoms with Crippen LogP contribution in [0.15, 0.2) is 48.5 Å². The van der Waals surface area contributed by atoms with Crippen LogP contribution in [0.2, 0.25) is 0 Å². The largest absolute Gasteiger partial charge is 0.381 e. The van der Waals surface area contributed by atoms with Gasteiger partial charge in [0.2, 0.25) is 0 Å². The number of ketones is 1. The molecule has 0 atom stereocenters. The second-order valence-electron chi connectivity index (χ2n) is 6.56. The van der Waals surface area contributed by atoms with E-state index in [1.807, 2.05) is 24.3 Å². The van der Waals surface area contributed by atoms with E-state index in [4.69, 9.17) is 0 Å². The zero-order valence-corrected chi connectivity index (χ0v) is 13.8. The molecule has 1 aliphatic carbocycles. The van der Waals surface area contributed by atoms with Crippen molar-refractivity contribution in [3.8, 4) is 0 Å². The number of carbonyl (C=O) groups excluding carboxylic acids is 1. The highest BCUT2D eigenvalue weighted by Crippen LogP contribution is 2.27. The predicted octanol–water partition coefficient (Wildman–Crippen LogP) is 5.37. The lowest BCUT2D eigenvalue weighted by Crippen LogP contribution is -2.17. The minimum atomic E-state index is 0.250. The summed E-state index contributed by atoms with van der Waals surface area (Å²) in [4.78, 5) is 12.5. The van der Waals surface area contributed by atoms with E-state index in [9.17, 15) is 4.79 Å². The second-order valence-corrected chi connectivity index (χ2v) is 6.56. The molecule has 0 spiro atoms. The molecule has 1 fully saturated rings. The van der Waals surface area contributed by atoms with Crippen molar-refractivity contribution in [1.82, 2.24) is 0 Å². The third-order valence-electron chi connectivity index (χ3n) is 4.84. The summed E-state index contributed by atoms with van der Waals surface area (Å²) in [5.41, 5.74) is 4.48. The van der Waals surface area contributed by atoms with Gasteiger partial charge in [0, 0.05) is 23.7 Å². The van der Waals surface area contributed by atoms with Crippen molar-refractivity contribution < 1.29 is 4.79 Å². The van der Waals surface area contributed by atoms with Crippen LogP contribution in [0.5, 0.6) is 0 Å². The first kappa shape index (κ1) is 15.8. The lowest BCUT2D eigenvalue weighted by Gasteiger charge is -2.20. The summed E-state index contributed by atoms with van der Waals surface area (Å²) in [7, 11) is 0. The Bertz CT molecular complexity index is 654. The Morgan fingerprint density at radius 2 is 1.70 bits per heavy atom. The predicted molar refractivity (Wildman–Crippen MR) is 95.9 cm³/mol. The Labute approximate surface area is 138 Å². The van der Waals surface area contributed by atoms with E-state index in [0.717, 1.165) is 30.6 Å². The van der Waals surface area contributed by atoms with Crippen molar-refractivity contribution in [1.29, 1.82) is 0 Å². The molecular weight excluding hydrogens is 282 g/mol. The molecule has 2 nitrogen and oxygen atoms in total. The number of aryl methyl sites for hydroxylation is 1. The topological polar surface area (TPSA) is 29.1 Å². The maximum Gasteiger partial charge on any atom is 0.165 e. The number of Topliss-reactive ketones (excluding diaryl/α,β-unsaturated/α-hetero) is 1. The van der Waals surface area contributed by atoms with E-state index in [-0.39, 0.29) is 5.92 Å². The molecule has 1 N–H and O–H groups in total. The molecule has 2 heteroatoms. The molecule has 0 bridgehead atoms. The van der Waals surface area contributed by atoms with E-state index in [2.05, 4.69) is 36.5 Å². The van der Waals surface area contributed by atoms with Gasteiger partial charge in [-0.2, -0.15) is 0 Å². The van der Waals surface area contributed by atoms with Gasteiger partial charge in [-0.3, -0.25) is 4.79 Å². The number of benzene rings is 2. The van der Waals surface area contributed by atoms with Crippen LogP contribution in [0, 0.1) is 12.8 Å². The van der Waals surface area contributed by atoms with Gasteiger partial charge in [0.15, 0.2) is 5.78 Å². The van der Waals surface area contributed by atoms with Crippen molar-refractivity contribution in [2.45, 2.75) is 45.6 Å². The minimum Gasteiger partial charge on any atom is -0.381 e. The fourth-order valence-electron chi connectivity index (χ4n) is 3.36. The molecule has 2 aromatic carbocycles. The molecule has 0 radical (unpaired) electrons. The second kappa shape index (κ2) is 7.45. The molecule has 2 aromatic rings. The lowest BCUT2D eigenvalue weighted by molar-refractivity contribution is 0.0889. The summed E-state index contributed by atoms with van der Waals surface area (Å²) in [5, 5.41) is 3.46. The van der Waals surface area contributed by atoms with Crippen molar-refractivity contribution in [3.05, 3.63) is 65.2 Å². The number of rotatable bonds is 5. The Morgan fingerprint density at radius 3 is 2.39 bits per heavy atom. The molecule has 1 aliphatic rings. The van der Waals surface area contributed by atoms with E-state index >= 15 is 0 Å². The van der Waals surface area contributed by atoms with Crippen LogP contribution in [0.3, 0.4) is 0 Å². The SMILES string of the molecule is Cc1ccccc1NCc1ccc(C(=O)C2CCCCC2)cc1. The molecule has 3 rings (SSSR count). The van der Waals surface area contributed by atoms with Crippen molar-refractivity contribution in [2.75, 3.05) is 5.32 Å². The Hall–Kier alpha value is -2.09. The van der Waals surface area contributed by atoms with Crippen LogP contribution >= 0.6 is 0 Å². The standard InChI is InChI=1S/C21H25NO/c1-16-7-5-6-10-20(16)22-15-17-11-13-19(14-12-17)21(23)18-8-3-2-4-9-18/h5-7,10-14,18,22H,2-4,8-9,15H2,1H3. The van der Waals surface area contributed by atoms with E-state index in [1.165, 1.54) is 30.4 Å². The van der Waals surface area contributed by atoms with E-state index in [1.54, 1.807) is 0 Å². The molecule has 120 valence electrons. The van der Waals surface area contributed by atoms with Gasteiger partial charge in [0.1, 0.15) is 0 Å². The number of nitrogens with one attached hydrogen (secondary N) is 1. The van der Waals surface area contributed by atoms with Gasteiger partial charge in [-0.1, -0.05) is 61.7 Å². The number of hydrogen-bond donors (Lipinski definition) is 1. The summed E-state index contributed by atoms with van der Waals surface area (Å²) >= 11 is 0. The van der Waals surface area contributed by atoms with Crippen LogP contribution in [-0.4, -0.2) is 5.78 Å². The number of hydrogen-bond acceptors (Lipinski definition) is 2. The highest BCUT2D eigenvalue weighted by atomic mass is 16.1.